The normalized spacial score (nSPS) is 12.2. The molecular weight excluding hydrogens is 257 g/mol. The molecule has 0 aliphatic carbocycles. The minimum Gasteiger partial charge on any atom is -0.359 e. The van der Waals surface area contributed by atoms with Gasteiger partial charge in [0.2, 0.25) is 0 Å². The molecule has 1 N–H and O–H groups in total. The monoisotopic (exact) mass is 275 g/mol. The first-order valence-electron chi connectivity index (χ1n) is 6.69. The average molecular weight is 275 g/mol. The fourth-order valence-electron chi connectivity index (χ4n) is 2.00. The van der Waals surface area contributed by atoms with Gasteiger partial charge in [-0.3, -0.25) is 4.79 Å². The van der Waals surface area contributed by atoms with Gasteiger partial charge in [-0.25, -0.2) is 9.37 Å². The predicted molar refractivity (Wildman–Crippen MR) is 77.2 cm³/mol. The van der Waals surface area contributed by atoms with Gasteiger partial charge in [-0.2, -0.15) is 0 Å². The molecule has 5 heteroatoms. The smallest absolute Gasteiger partial charge is 0.293 e. The number of rotatable bonds is 5. The first-order valence-corrected chi connectivity index (χ1v) is 6.69. The summed E-state index contributed by atoms with van der Waals surface area (Å²) in [5.41, 5.74) is 0.766. The van der Waals surface area contributed by atoms with Crippen molar-refractivity contribution in [1.29, 1.82) is 0 Å². The highest BCUT2D eigenvalue weighted by molar-refractivity contribution is 5.35. The van der Waals surface area contributed by atoms with Crippen molar-refractivity contribution in [2.45, 2.75) is 32.9 Å². The molecule has 0 radical (unpaired) electrons. The largest absolute Gasteiger partial charge is 0.359 e. The zero-order valence-corrected chi connectivity index (χ0v) is 11.6. The van der Waals surface area contributed by atoms with Gasteiger partial charge < -0.3 is 9.88 Å². The van der Waals surface area contributed by atoms with Crippen LogP contribution in [0.2, 0.25) is 0 Å². The maximum Gasteiger partial charge on any atom is 0.293 e. The molecule has 0 spiro atoms. The van der Waals surface area contributed by atoms with Gasteiger partial charge in [0.05, 0.1) is 6.04 Å². The van der Waals surface area contributed by atoms with Crippen LogP contribution in [0.4, 0.5) is 10.2 Å². The van der Waals surface area contributed by atoms with E-state index in [1.807, 2.05) is 13.8 Å². The minimum atomic E-state index is -0.274. The summed E-state index contributed by atoms with van der Waals surface area (Å²) in [4.78, 5) is 16.2. The Morgan fingerprint density at radius 3 is 2.70 bits per heavy atom. The second-order valence-corrected chi connectivity index (χ2v) is 4.69. The number of hydrogen-bond donors (Lipinski definition) is 1. The van der Waals surface area contributed by atoms with Gasteiger partial charge in [-0.1, -0.05) is 19.1 Å². The minimum absolute atomic E-state index is 0.117. The highest BCUT2D eigenvalue weighted by Crippen LogP contribution is 2.16. The van der Waals surface area contributed by atoms with Crippen LogP contribution in [0.25, 0.3) is 0 Å². The molecule has 1 atom stereocenters. The van der Waals surface area contributed by atoms with Gasteiger partial charge in [-0.15, -0.1) is 0 Å². The molecule has 0 bridgehead atoms. The van der Waals surface area contributed by atoms with Gasteiger partial charge in [0.15, 0.2) is 5.82 Å². The van der Waals surface area contributed by atoms with Crippen molar-refractivity contribution >= 4 is 5.82 Å². The number of benzene rings is 1. The van der Waals surface area contributed by atoms with Crippen LogP contribution in [0, 0.1) is 5.82 Å². The van der Waals surface area contributed by atoms with E-state index in [4.69, 9.17) is 0 Å². The molecule has 0 fully saturated rings. The van der Waals surface area contributed by atoms with E-state index in [9.17, 15) is 9.18 Å². The number of halogens is 1. The number of aryl methyl sites for hydroxylation is 1. The lowest BCUT2D eigenvalue weighted by molar-refractivity contribution is 0.626. The molecule has 1 aromatic heterocycles. The summed E-state index contributed by atoms with van der Waals surface area (Å²) < 4.78 is 14.5. The van der Waals surface area contributed by atoms with Crippen molar-refractivity contribution in [3.05, 3.63) is 58.4 Å². The number of aromatic nitrogens is 2. The third-order valence-electron chi connectivity index (χ3n) is 3.10. The molecule has 0 aliphatic rings. The van der Waals surface area contributed by atoms with Crippen LogP contribution in [-0.2, 0) is 6.54 Å². The van der Waals surface area contributed by atoms with Gasteiger partial charge in [0, 0.05) is 18.9 Å². The standard InChI is InChI=1S/C15H18FN3O/c1-3-9-19-10-8-17-14(15(19)20)18-11(2)12-4-6-13(16)7-5-12/h4-8,10-11H,3,9H2,1-2H3,(H,17,18). The summed E-state index contributed by atoms with van der Waals surface area (Å²) >= 11 is 0. The molecular formula is C15H18FN3O. The first-order chi connectivity index (χ1) is 9.61. The molecule has 0 saturated carbocycles. The highest BCUT2D eigenvalue weighted by Gasteiger charge is 2.10. The van der Waals surface area contributed by atoms with E-state index in [2.05, 4.69) is 10.3 Å². The van der Waals surface area contributed by atoms with Crippen LogP contribution in [0.15, 0.2) is 41.5 Å². The van der Waals surface area contributed by atoms with Crippen molar-refractivity contribution in [3.8, 4) is 0 Å². The maximum atomic E-state index is 12.9. The molecule has 2 rings (SSSR count). The lowest BCUT2D eigenvalue weighted by Gasteiger charge is -2.15. The van der Waals surface area contributed by atoms with Crippen LogP contribution in [0.3, 0.4) is 0 Å². The van der Waals surface area contributed by atoms with Crippen molar-refractivity contribution < 1.29 is 4.39 Å². The zero-order chi connectivity index (χ0) is 14.5. The van der Waals surface area contributed by atoms with Crippen LogP contribution >= 0.6 is 0 Å². The number of nitrogens with one attached hydrogen (secondary N) is 1. The molecule has 0 saturated heterocycles. The van der Waals surface area contributed by atoms with E-state index in [0.717, 1.165) is 12.0 Å². The molecule has 2 aromatic rings. The summed E-state index contributed by atoms with van der Waals surface area (Å²) in [7, 11) is 0. The fraction of sp³-hybridized carbons (Fsp3) is 0.333. The molecule has 1 aromatic carbocycles. The van der Waals surface area contributed by atoms with Crippen LogP contribution in [0.1, 0.15) is 31.9 Å². The fourth-order valence-corrected chi connectivity index (χ4v) is 2.00. The van der Waals surface area contributed by atoms with E-state index in [1.165, 1.54) is 12.1 Å². The van der Waals surface area contributed by atoms with Crippen LogP contribution in [0.5, 0.6) is 0 Å². The lowest BCUT2D eigenvalue weighted by atomic mass is 10.1. The predicted octanol–water partition coefficient (Wildman–Crippen LogP) is 2.97. The Morgan fingerprint density at radius 1 is 1.35 bits per heavy atom. The maximum absolute atomic E-state index is 12.9. The third-order valence-corrected chi connectivity index (χ3v) is 3.10. The molecule has 4 nitrogen and oxygen atoms in total. The molecule has 1 unspecified atom stereocenters. The van der Waals surface area contributed by atoms with Gasteiger partial charge in [0.1, 0.15) is 5.82 Å². The average Bonchev–Trinajstić information content (AvgIpc) is 2.44. The van der Waals surface area contributed by atoms with E-state index in [1.54, 1.807) is 29.1 Å². The van der Waals surface area contributed by atoms with E-state index < -0.39 is 0 Å². The van der Waals surface area contributed by atoms with Crippen LogP contribution in [-0.4, -0.2) is 9.55 Å². The van der Waals surface area contributed by atoms with E-state index in [0.29, 0.717) is 12.4 Å². The Labute approximate surface area is 117 Å². The molecule has 20 heavy (non-hydrogen) atoms. The second kappa shape index (κ2) is 6.32. The van der Waals surface area contributed by atoms with Gasteiger partial charge in [0.25, 0.3) is 5.56 Å². The Bertz CT molecular complexity index is 622. The Hall–Kier alpha value is -2.17. The highest BCUT2D eigenvalue weighted by atomic mass is 19.1. The SMILES string of the molecule is CCCn1ccnc(NC(C)c2ccc(F)cc2)c1=O. The number of nitrogens with zero attached hydrogens (tertiary/aromatic N) is 2. The number of anilines is 1. The van der Waals surface area contributed by atoms with Crippen molar-refractivity contribution in [2.24, 2.45) is 0 Å². The molecule has 0 amide bonds. The zero-order valence-electron chi connectivity index (χ0n) is 11.6. The van der Waals surface area contributed by atoms with Crippen molar-refractivity contribution in [3.63, 3.8) is 0 Å². The van der Waals surface area contributed by atoms with Gasteiger partial charge in [-0.05, 0) is 31.0 Å². The summed E-state index contributed by atoms with van der Waals surface area (Å²) in [5.74, 6) is 0.0434. The summed E-state index contributed by atoms with van der Waals surface area (Å²) in [6.45, 7) is 4.59. The lowest BCUT2D eigenvalue weighted by Crippen LogP contribution is -2.25. The third kappa shape index (κ3) is 3.23. The van der Waals surface area contributed by atoms with Gasteiger partial charge >= 0.3 is 0 Å². The van der Waals surface area contributed by atoms with Crippen molar-refractivity contribution in [1.82, 2.24) is 9.55 Å². The summed E-state index contributed by atoms with van der Waals surface area (Å²) in [5, 5.41) is 3.08. The Morgan fingerprint density at radius 2 is 2.05 bits per heavy atom. The van der Waals surface area contributed by atoms with E-state index in [-0.39, 0.29) is 17.4 Å². The molecule has 0 aliphatic heterocycles. The summed E-state index contributed by atoms with van der Waals surface area (Å²) in [6.07, 6.45) is 4.17. The quantitative estimate of drug-likeness (QED) is 0.912. The number of hydrogen-bond acceptors (Lipinski definition) is 3. The summed E-state index contributed by atoms with van der Waals surface area (Å²) in [6, 6.07) is 6.08. The van der Waals surface area contributed by atoms with Crippen LogP contribution < -0.4 is 10.9 Å². The van der Waals surface area contributed by atoms with E-state index >= 15 is 0 Å². The first kappa shape index (κ1) is 14.2. The molecule has 106 valence electrons. The van der Waals surface area contributed by atoms with Crippen molar-refractivity contribution in [2.75, 3.05) is 5.32 Å². The topological polar surface area (TPSA) is 46.9 Å². The second-order valence-electron chi connectivity index (χ2n) is 4.69. The Kier molecular flexibility index (Phi) is 4.50. The Balaban J connectivity index is 2.19. The molecule has 1 heterocycles.